The van der Waals surface area contributed by atoms with Crippen LogP contribution in [-0.2, 0) is 18.4 Å². The Labute approximate surface area is 207 Å². The largest absolute Gasteiger partial charge is 0.598 e. The first-order valence-electron chi connectivity index (χ1n) is 12.6. The van der Waals surface area contributed by atoms with Crippen LogP contribution >= 0.6 is 0 Å². The molecule has 10 nitrogen and oxygen atoms in total. The Morgan fingerprint density at radius 1 is 1.29 bits per heavy atom. The first-order valence-corrected chi connectivity index (χ1v) is 14.1. The zero-order valence-electron chi connectivity index (χ0n) is 20.6. The van der Waals surface area contributed by atoms with Crippen LogP contribution in [0.2, 0.25) is 0 Å². The minimum atomic E-state index is -0.999. The highest BCUT2D eigenvalue weighted by molar-refractivity contribution is 7.88. The van der Waals surface area contributed by atoms with Crippen LogP contribution in [0.25, 0.3) is 22.2 Å². The number of hydrogen-bond acceptors (Lipinski definition) is 7. The van der Waals surface area contributed by atoms with Crippen LogP contribution < -0.4 is 16.2 Å². The van der Waals surface area contributed by atoms with E-state index in [4.69, 9.17) is 10.8 Å². The summed E-state index contributed by atoms with van der Waals surface area (Å²) < 4.78 is 17.7. The van der Waals surface area contributed by atoms with Crippen molar-refractivity contribution in [2.75, 3.05) is 37.0 Å². The topological polar surface area (TPSA) is 124 Å². The van der Waals surface area contributed by atoms with Crippen molar-refractivity contribution in [3.8, 4) is 11.3 Å². The zero-order valence-corrected chi connectivity index (χ0v) is 21.4. The number of H-pyrrole nitrogens is 1. The van der Waals surface area contributed by atoms with Crippen LogP contribution in [-0.4, -0.2) is 65.8 Å². The third-order valence-electron chi connectivity index (χ3n) is 8.02. The maximum atomic E-state index is 13.5. The van der Waals surface area contributed by atoms with Gasteiger partial charge in [0.1, 0.15) is 17.5 Å². The number of likely N-dealkylation sites (N-methyl/N-ethyl adjacent to an activating group) is 1. The average Bonchev–Trinajstić information content (AvgIpc) is 3.72. The van der Waals surface area contributed by atoms with Crippen molar-refractivity contribution in [2.45, 2.75) is 50.6 Å². The standard InChI is InChI=1S/C24H34N8O2S/c1-29(35(3)34)12-16-5-4-10-31(16)19-11-18(28-30(19)2)17-13-32(22(14-6-7-14)15-8-9-15)24(33)20-21(17)26-27-23(20)25/h11,13-16,22H,4-10,12H2,1-3H3,(H3,25,26,27)/t16-,35?/m0/s1. The number of nitrogen functional groups attached to an aromatic ring is 1. The van der Waals surface area contributed by atoms with E-state index in [0.717, 1.165) is 43.0 Å². The van der Waals surface area contributed by atoms with E-state index in [1.54, 1.807) is 6.26 Å². The number of anilines is 2. The summed E-state index contributed by atoms with van der Waals surface area (Å²) in [4.78, 5) is 15.9. The van der Waals surface area contributed by atoms with Gasteiger partial charge in [-0.1, -0.05) is 0 Å². The Kier molecular flexibility index (Phi) is 5.61. The number of aromatic nitrogens is 5. The molecule has 2 atom stereocenters. The van der Waals surface area contributed by atoms with Crippen molar-refractivity contribution in [3.63, 3.8) is 0 Å². The number of nitrogens with one attached hydrogen (secondary N) is 1. The molecule has 0 aromatic carbocycles. The number of nitrogens with zero attached hydrogens (tertiary/aromatic N) is 6. The van der Waals surface area contributed by atoms with Gasteiger partial charge in [-0.25, -0.2) is 0 Å². The molecule has 0 radical (unpaired) electrons. The van der Waals surface area contributed by atoms with Crippen LogP contribution in [0.15, 0.2) is 17.1 Å². The third kappa shape index (κ3) is 4.03. The third-order valence-corrected chi connectivity index (χ3v) is 9.05. The molecule has 6 rings (SSSR count). The van der Waals surface area contributed by atoms with E-state index in [-0.39, 0.29) is 23.5 Å². The molecule has 1 unspecified atom stereocenters. The van der Waals surface area contributed by atoms with Crippen LogP contribution in [0.4, 0.5) is 11.6 Å². The second-order valence-corrected chi connectivity index (χ2v) is 12.0. The van der Waals surface area contributed by atoms with Gasteiger partial charge in [0, 0.05) is 61.9 Å². The zero-order chi connectivity index (χ0) is 24.4. The van der Waals surface area contributed by atoms with Gasteiger partial charge < -0.3 is 19.8 Å². The van der Waals surface area contributed by atoms with Crippen LogP contribution in [0.5, 0.6) is 0 Å². The fraction of sp³-hybridized carbons (Fsp3) is 0.625. The predicted molar refractivity (Wildman–Crippen MR) is 139 cm³/mol. The molecule has 2 saturated carbocycles. The normalized spacial score (nSPS) is 21.7. The van der Waals surface area contributed by atoms with Gasteiger partial charge in [-0.2, -0.15) is 10.2 Å². The summed E-state index contributed by atoms with van der Waals surface area (Å²) in [5.74, 6) is 2.42. The lowest BCUT2D eigenvalue weighted by Gasteiger charge is -2.29. The first-order chi connectivity index (χ1) is 16.8. The summed E-state index contributed by atoms with van der Waals surface area (Å²) >= 11 is -0.999. The molecule has 1 saturated heterocycles. The number of hydrogen-bond donors (Lipinski definition) is 2. The Balaban J connectivity index is 1.42. The monoisotopic (exact) mass is 498 g/mol. The van der Waals surface area contributed by atoms with E-state index in [0.29, 0.717) is 22.7 Å². The fourth-order valence-corrected chi connectivity index (χ4v) is 6.26. The van der Waals surface area contributed by atoms with Crippen molar-refractivity contribution >= 4 is 33.9 Å². The van der Waals surface area contributed by atoms with E-state index >= 15 is 0 Å². The quantitative estimate of drug-likeness (QED) is 0.457. The molecule has 188 valence electrons. The minimum Gasteiger partial charge on any atom is -0.598 e. The van der Waals surface area contributed by atoms with E-state index in [9.17, 15) is 9.35 Å². The number of pyridine rings is 1. The SMILES string of the molecule is CN(C[C@@H]1CCCN1c1cc(-c2cn(C(C3CC3)C3CC3)c(=O)c3c(N)n[nH]c23)nn1C)[S+](C)[O-]. The summed E-state index contributed by atoms with van der Waals surface area (Å²) in [7, 11) is 3.86. The van der Waals surface area contributed by atoms with Crippen LogP contribution in [0.1, 0.15) is 44.6 Å². The number of rotatable bonds is 8. The fourth-order valence-electron chi connectivity index (χ4n) is 5.88. The highest BCUT2D eigenvalue weighted by Crippen LogP contribution is 2.52. The number of fused-ring (bicyclic) bond motifs is 1. The molecular weight excluding hydrogens is 464 g/mol. The molecule has 3 aliphatic rings. The maximum Gasteiger partial charge on any atom is 0.264 e. The van der Waals surface area contributed by atoms with Gasteiger partial charge >= 0.3 is 0 Å². The molecule has 35 heavy (non-hydrogen) atoms. The summed E-state index contributed by atoms with van der Waals surface area (Å²) in [5.41, 5.74) is 8.44. The van der Waals surface area contributed by atoms with E-state index < -0.39 is 11.4 Å². The molecule has 4 heterocycles. The number of aryl methyl sites for hydroxylation is 1. The van der Waals surface area contributed by atoms with E-state index in [1.807, 2.05) is 33.8 Å². The Morgan fingerprint density at radius 3 is 2.66 bits per heavy atom. The van der Waals surface area contributed by atoms with Gasteiger partial charge in [-0.3, -0.25) is 14.6 Å². The second kappa shape index (κ2) is 8.56. The van der Waals surface area contributed by atoms with Crippen molar-refractivity contribution in [1.29, 1.82) is 0 Å². The van der Waals surface area contributed by atoms with Crippen molar-refractivity contribution < 1.29 is 4.55 Å². The molecule has 2 aliphatic carbocycles. The van der Waals surface area contributed by atoms with Crippen LogP contribution in [0.3, 0.4) is 0 Å². The molecular formula is C24H34N8O2S. The average molecular weight is 499 g/mol. The predicted octanol–water partition coefficient (Wildman–Crippen LogP) is 2.26. The smallest absolute Gasteiger partial charge is 0.264 e. The summed E-state index contributed by atoms with van der Waals surface area (Å²) in [6, 6.07) is 2.61. The Hall–Kier alpha value is -2.50. The lowest BCUT2D eigenvalue weighted by Crippen LogP contribution is -2.41. The summed E-state index contributed by atoms with van der Waals surface area (Å²) in [5, 5.41) is 12.5. The van der Waals surface area contributed by atoms with Crippen molar-refractivity contribution in [1.82, 2.24) is 28.9 Å². The molecule has 11 heteroatoms. The Morgan fingerprint density at radius 2 is 2.00 bits per heavy atom. The molecule has 3 aromatic heterocycles. The van der Waals surface area contributed by atoms with E-state index in [2.05, 4.69) is 21.2 Å². The lowest BCUT2D eigenvalue weighted by atomic mass is 10.0. The number of nitrogens with two attached hydrogens (primary N) is 1. The van der Waals surface area contributed by atoms with Gasteiger partial charge in [0.05, 0.1) is 17.8 Å². The first kappa shape index (κ1) is 22.9. The molecule has 0 amide bonds. The van der Waals surface area contributed by atoms with Crippen molar-refractivity contribution in [3.05, 3.63) is 22.6 Å². The van der Waals surface area contributed by atoms with Gasteiger partial charge in [0.25, 0.3) is 5.56 Å². The lowest BCUT2D eigenvalue weighted by molar-refractivity contribution is 0.386. The van der Waals surface area contributed by atoms with Crippen LogP contribution in [0, 0.1) is 11.8 Å². The van der Waals surface area contributed by atoms with Crippen molar-refractivity contribution in [2.24, 2.45) is 18.9 Å². The Bertz CT molecular complexity index is 1290. The molecule has 0 spiro atoms. The van der Waals surface area contributed by atoms with Gasteiger partial charge in [0.2, 0.25) is 0 Å². The minimum absolute atomic E-state index is 0.0508. The molecule has 3 aromatic rings. The van der Waals surface area contributed by atoms with Gasteiger partial charge in [-0.05, 0) is 50.4 Å². The molecule has 0 bridgehead atoms. The van der Waals surface area contributed by atoms with Gasteiger partial charge in [-0.15, -0.1) is 4.31 Å². The molecule has 3 N–H and O–H groups in total. The molecule has 3 fully saturated rings. The highest BCUT2D eigenvalue weighted by atomic mass is 32.2. The number of aromatic amines is 1. The highest BCUT2D eigenvalue weighted by Gasteiger charge is 2.43. The maximum absolute atomic E-state index is 13.5. The summed E-state index contributed by atoms with van der Waals surface area (Å²) in [6.45, 7) is 1.67. The van der Waals surface area contributed by atoms with E-state index in [1.165, 1.54) is 25.7 Å². The second-order valence-electron chi connectivity index (χ2n) is 10.5. The van der Waals surface area contributed by atoms with Gasteiger partial charge in [0.15, 0.2) is 5.82 Å². The molecule has 1 aliphatic heterocycles. The summed E-state index contributed by atoms with van der Waals surface area (Å²) in [6.07, 6.45) is 10.6.